The van der Waals surface area contributed by atoms with E-state index in [0.29, 0.717) is 30.8 Å². The number of aliphatic hydroxyl groups is 1. The highest BCUT2D eigenvalue weighted by Gasteiger charge is 2.24. The molecule has 3 rings (SSSR count). The highest BCUT2D eigenvalue weighted by molar-refractivity contribution is 5.83. The number of fused-ring (bicyclic) bond motifs is 1. The van der Waals surface area contributed by atoms with Crippen molar-refractivity contribution in [3.8, 4) is 0 Å². The Bertz CT molecular complexity index is 735. The zero-order valence-corrected chi connectivity index (χ0v) is 12.2. The van der Waals surface area contributed by atoms with Crippen LogP contribution in [0.15, 0.2) is 29.2 Å². The summed E-state index contributed by atoms with van der Waals surface area (Å²) in [7, 11) is 0. The Kier molecular flexibility index (Phi) is 4.17. The predicted molar refractivity (Wildman–Crippen MR) is 81.7 cm³/mol. The highest BCUT2D eigenvalue weighted by atomic mass is 16.3. The zero-order valence-electron chi connectivity index (χ0n) is 12.2. The van der Waals surface area contributed by atoms with Crippen molar-refractivity contribution in [2.24, 2.45) is 0 Å². The first-order valence-corrected chi connectivity index (χ1v) is 7.40. The second kappa shape index (κ2) is 6.25. The molecule has 1 fully saturated rings. The average Bonchev–Trinajstić information content (AvgIpc) is 2.56. The quantitative estimate of drug-likeness (QED) is 0.652. The van der Waals surface area contributed by atoms with Gasteiger partial charge in [-0.05, 0) is 12.1 Å². The van der Waals surface area contributed by atoms with Gasteiger partial charge in [0, 0.05) is 6.20 Å². The molecule has 7 heteroatoms. The Morgan fingerprint density at radius 1 is 1.32 bits per heavy atom. The van der Waals surface area contributed by atoms with Crippen molar-refractivity contribution in [1.29, 1.82) is 0 Å². The minimum absolute atomic E-state index is 0.106. The molecule has 2 N–H and O–H groups in total. The second-order valence-electron chi connectivity index (χ2n) is 5.41. The van der Waals surface area contributed by atoms with Crippen molar-refractivity contribution in [3.05, 3.63) is 40.3 Å². The van der Waals surface area contributed by atoms with E-state index < -0.39 is 0 Å². The molecule has 0 amide bonds. The maximum absolute atomic E-state index is 12.4. The van der Waals surface area contributed by atoms with Gasteiger partial charge in [0.1, 0.15) is 23.6 Å². The minimum Gasteiger partial charge on any atom is -0.391 e. The van der Waals surface area contributed by atoms with Crippen LogP contribution in [0, 0.1) is 0 Å². The van der Waals surface area contributed by atoms with Crippen LogP contribution in [0.1, 0.15) is 10.4 Å². The number of carbonyl (C=O) groups excluding carboxylic acids is 1. The predicted octanol–water partition coefficient (Wildman–Crippen LogP) is -1.80. The van der Waals surface area contributed by atoms with E-state index in [1.54, 1.807) is 18.3 Å². The summed E-state index contributed by atoms with van der Waals surface area (Å²) in [6, 6.07) is 5.31. The molecule has 0 unspecified atom stereocenters. The van der Waals surface area contributed by atoms with Gasteiger partial charge in [0.05, 0.1) is 32.8 Å². The van der Waals surface area contributed by atoms with Gasteiger partial charge < -0.3 is 14.9 Å². The van der Waals surface area contributed by atoms with E-state index in [9.17, 15) is 9.59 Å². The van der Waals surface area contributed by atoms with Gasteiger partial charge in [-0.25, -0.2) is 4.98 Å². The standard InChI is InChI=1S/C15H18N4O3/c20-10-9-17-5-7-18(8-6-17)14-12(11-21)15(22)19-4-2-1-3-13(19)16-14/h1-4,11,20H,5-10H2/p+1. The minimum atomic E-state index is -0.333. The Labute approximate surface area is 127 Å². The van der Waals surface area contributed by atoms with Crippen LogP contribution < -0.4 is 15.4 Å². The first kappa shape index (κ1) is 14.7. The van der Waals surface area contributed by atoms with E-state index in [4.69, 9.17) is 5.11 Å². The number of hydrogen-bond donors (Lipinski definition) is 2. The molecule has 7 nitrogen and oxygen atoms in total. The Morgan fingerprint density at radius 3 is 2.77 bits per heavy atom. The first-order valence-electron chi connectivity index (χ1n) is 7.40. The zero-order chi connectivity index (χ0) is 15.5. The van der Waals surface area contributed by atoms with Crippen molar-refractivity contribution in [3.63, 3.8) is 0 Å². The largest absolute Gasteiger partial charge is 0.391 e. The second-order valence-corrected chi connectivity index (χ2v) is 5.41. The average molecular weight is 303 g/mol. The molecule has 0 radical (unpaired) electrons. The smallest absolute Gasteiger partial charge is 0.270 e. The van der Waals surface area contributed by atoms with E-state index in [-0.39, 0.29) is 17.7 Å². The molecular weight excluding hydrogens is 284 g/mol. The molecule has 0 atom stereocenters. The lowest BCUT2D eigenvalue weighted by Gasteiger charge is -2.33. The molecule has 1 saturated heterocycles. The third-order valence-corrected chi connectivity index (χ3v) is 4.10. The van der Waals surface area contributed by atoms with Crippen LogP contribution in [-0.2, 0) is 0 Å². The molecular formula is C15H19N4O3+. The highest BCUT2D eigenvalue weighted by Crippen LogP contribution is 2.14. The molecule has 2 aromatic rings. The summed E-state index contributed by atoms with van der Waals surface area (Å²) in [6.45, 7) is 4.04. The van der Waals surface area contributed by atoms with Crippen molar-refractivity contribution in [2.45, 2.75) is 0 Å². The summed E-state index contributed by atoms with van der Waals surface area (Å²) in [6.07, 6.45) is 2.21. The van der Waals surface area contributed by atoms with E-state index in [1.165, 1.54) is 9.30 Å². The van der Waals surface area contributed by atoms with Gasteiger partial charge in [-0.3, -0.25) is 14.0 Å². The van der Waals surface area contributed by atoms with E-state index >= 15 is 0 Å². The third kappa shape index (κ3) is 2.60. The number of quaternary nitrogens is 1. The number of rotatable bonds is 4. The van der Waals surface area contributed by atoms with Crippen LogP contribution in [0.3, 0.4) is 0 Å². The summed E-state index contributed by atoms with van der Waals surface area (Å²) in [5.41, 5.74) is 0.313. The van der Waals surface area contributed by atoms with E-state index in [0.717, 1.165) is 19.6 Å². The maximum atomic E-state index is 12.4. The Hall–Kier alpha value is -2.25. The molecule has 116 valence electrons. The number of anilines is 1. The van der Waals surface area contributed by atoms with E-state index in [2.05, 4.69) is 4.98 Å². The monoisotopic (exact) mass is 303 g/mol. The Morgan fingerprint density at radius 2 is 2.09 bits per heavy atom. The summed E-state index contributed by atoms with van der Waals surface area (Å²) in [5, 5.41) is 9.00. The number of aliphatic hydroxyl groups excluding tert-OH is 1. The van der Waals surface area contributed by atoms with Crippen molar-refractivity contribution in [2.75, 3.05) is 44.2 Å². The van der Waals surface area contributed by atoms with Crippen LogP contribution in [0.2, 0.25) is 0 Å². The van der Waals surface area contributed by atoms with Gasteiger partial charge in [-0.15, -0.1) is 0 Å². The molecule has 1 aliphatic rings. The van der Waals surface area contributed by atoms with Gasteiger partial charge in [0.15, 0.2) is 6.29 Å². The molecule has 3 heterocycles. The topological polar surface area (TPSA) is 79.3 Å². The third-order valence-electron chi connectivity index (χ3n) is 4.10. The number of carbonyl (C=O) groups is 1. The number of nitrogens with one attached hydrogen (secondary N) is 1. The summed E-state index contributed by atoms with van der Waals surface area (Å²) in [4.78, 5) is 31.6. The van der Waals surface area contributed by atoms with Crippen molar-refractivity contribution < 1.29 is 14.8 Å². The van der Waals surface area contributed by atoms with Crippen LogP contribution in [0.5, 0.6) is 0 Å². The number of nitrogens with zero attached hydrogens (tertiary/aromatic N) is 3. The van der Waals surface area contributed by atoms with Gasteiger partial charge in [-0.2, -0.15) is 0 Å². The number of pyridine rings is 1. The first-order chi connectivity index (χ1) is 10.7. The lowest BCUT2D eigenvalue weighted by Crippen LogP contribution is -3.15. The van der Waals surface area contributed by atoms with Crippen LogP contribution >= 0.6 is 0 Å². The molecule has 0 saturated carbocycles. The normalized spacial score (nSPS) is 16.1. The van der Waals surface area contributed by atoms with Crippen LogP contribution in [-0.4, -0.2) is 60.1 Å². The lowest BCUT2D eigenvalue weighted by molar-refractivity contribution is -0.900. The molecule has 22 heavy (non-hydrogen) atoms. The van der Waals surface area contributed by atoms with Gasteiger partial charge in [0.25, 0.3) is 5.56 Å². The van der Waals surface area contributed by atoms with Crippen molar-refractivity contribution in [1.82, 2.24) is 9.38 Å². The SMILES string of the molecule is O=Cc1c(N2CC[NH+](CCO)CC2)nc2ccccn2c1=O. The summed E-state index contributed by atoms with van der Waals surface area (Å²) in [5.74, 6) is 0.467. The van der Waals surface area contributed by atoms with Gasteiger partial charge in [0.2, 0.25) is 0 Å². The van der Waals surface area contributed by atoms with Gasteiger partial charge in [-0.1, -0.05) is 6.07 Å². The molecule has 0 bridgehead atoms. The van der Waals surface area contributed by atoms with Crippen molar-refractivity contribution >= 4 is 17.8 Å². The van der Waals surface area contributed by atoms with Gasteiger partial charge >= 0.3 is 0 Å². The lowest BCUT2D eigenvalue weighted by atomic mass is 10.2. The number of aromatic nitrogens is 2. The number of hydrogen-bond acceptors (Lipinski definition) is 5. The number of piperazine rings is 1. The molecule has 2 aromatic heterocycles. The summed E-state index contributed by atoms with van der Waals surface area (Å²) >= 11 is 0. The molecule has 0 aromatic carbocycles. The molecule has 0 spiro atoms. The fourth-order valence-electron chi connectivity index (χ4n) is 2.88. The Balaban J connectivity index is 1.97. The van der Waals surface area contributed by atoms with Crippen LogP contribution in [0.4, 0.5) is 5.82 Å². The fraction of sp³-hybridized carbons (Fsp3) is 0.400. The molecule has 1 aliphatic heterocycles. The van der Waals surface area contributed by atoms with E-state index in [1.807, 2.05) is 11.0 Å². The summed E-state index contributed by atoms with van der Waals surface area (Å²) < 4.78 is 1.39. The maximum Gasteiger partial charge on any atom is 0.270 e. The fourth-order valence-corrected chi connectivity index (χ4v) is 2.88. The van der Waals surface area contributed by atoms with Crippen LogP contribution in [0.25, 0.3) is 5.65 Å². The molecule has 0 aliphatic carbocycles. The number of aldehydes is 1.